The number of aromatic carboxylic acids is 1. The quantitative estimate of drug-likeness (QED) is 0.632. The molecule has 0 saturated carbocycles. The Hall–Kier alpha value is -2.58. The maximum atomic E-state index is 12.7. The molecule has 26 heavy (non-hydrogen) atoms. The van der Waals surface area contributed by atoms with Crippen LogP contribution in [0.3, 0.4) is 0 Å². The van der Waals surface area contributed by atoms with Crippen LogP contribution in [0.4, 0.5) is 0 Å². The first-order valence-corrected chi connectivity index (χ1v) is 7.87. The van der Waals surface area contributed by atoms with E-state index in [0.29, 0.717) is 0 Å². The first-order chi connectivity index (χ1) is 12.0. The molecule has 2 rings (SSSR count). The van der Waals surface area contributed by atoms with Gasteiger partial charge >= 0.3 is 5.97 Å². The highest BCUT2D eigenvalue weighted by atomic mass is 16.6. The molecule has 1 aliphatic carbocycles. The summed E-state index contributed by atoms with van der Waals surface area (Å²) in [6, 6.07) is 1.29. The summed E-state index contributed by atoms with van der Waals surface area (Å²) in [6.45, 7) is 5.63. The number of benzene rings is 1. The van der Waals surface area contributed by atoms with Gasteiger partial charge in [0.1, 0.15) is 34.5 Å². The molecular weight excluding hydrogens is 344 g/mol. The van der Waals surface area contributed by atoms with Crippen LogP contribution in [-0.4, -0.2) is 57.1 Å². The van der Waals surface area contributed by atoms with Crippen LogP contribution in [0, 0.1) is 13.8 Å². The average Bonchev–Trinajstić information content (AvgIpc) is 2.58. The second-order valence-corrected chi connectivity index (χ2v) is 6.51. The van der Waals surface area contributed by atoms with Crippen LogP contribution in [0.25, 0.3) is 0 Å². The fraction of sp³-hybridized carbons (Fsp3) is 0.444. The molecule has 1 aromatic carbocycles. The molecule has 3 atom stereocenters. The van der Waals surface area contributed by atoms with Crippen LogP contribution >= 0.6 is 0 Å². The molecule has 0 fully saturated rings. The number of phenolic OH excluding ortho intramolecular Hbond substituents is 1. The van der Waals surface area contributed by atoms with Crippen molar-refractivity contribution in [1.29, 1.82) is 0 Å². The van der Waals surface area contributed by atoms with Gasteiger partial charge in [-0.3, -0.25) is 4.79 Å². The van der Waals surface area contributed by atoms with Gasteiger partial charge in [0.2, 0.25) is 5.78 Å². The summed E-state index contributed by atoms with van der Waals surface area (Å²) in [4.78, 5) is 24.3. The number of phenols is 1. The summed E-state index contributed by atoms with van der Waals surface area (Å²) in [5, 5.41) is 39.9. The van der Waals surface area contributed by atoms with Crippen molar-refractivity contribution in [2.45, 2.75) is 45.5 Å². The third kappa shape index (κ3) is 2.81. The highest BCUT2D eigenvalue weighted by molar-refractivity contribution is 6.01. The lowest BCUT2D eigenvalue weighted by Gasteiger charge is -2.42. The first-order valence-electron chi connectivity index (χ1n) is 7.87. The van der Waals surface area contributed by atoms with Gasteiger partial charge < -0.3 is 29.9 Å². The molecule has 142 valence electrons. The number of hydrogen-bond donors (Lipinski definition) is 4. The number of carbonyl (C=O) groups is 2. The number of carbonyl (C=O) groups excluding carboxylic acids is 1. The van der Waals surface area contributed by atoms with Crippen molar-refractivity contribution in [2.24, 2.45) is 0 Å². The molecule has 0 amide bonds. The van der Waals surface area contributed by atoms with E-state index in [2.05, 4.69) is 0 Å². The number of aliphatic hydroxyl groups excluding tert-OH is 2. The number of carboxylic acid groups (broad SMARTS) is 1. The zero-order valence-corrected chi connectivity index (χ0v) is 15.2. The molecule has 0 radical (unpaired) electrons. The Kier molecular flexibility index (Phi) is 5.03. The highest BCUT2D eigenvalue weighted by Gasteiger charge is 2.54. The van der Waals surface area contributed by atoms with E-state index < -0.39 is 35.3 Å². The summed E-state index contributed by atoms with van der Waals surface area (Å²) >= 11 is 0. The van der Waals surface area contributed by atoms with Crippen LogP contribution in [0.5, 0.6) is 11.5 Å². The van der Waals surface area contributed by atoms with Crippen LogP contribution in [-0.2, 0) is 9.53 Å². The molecule has 0 aromatic heterocycles. The van der Waals surface area contributed by atoms with Crippen molar-refractivity contribution in [3.05, 3.63) is 34.1 Å². The van der Waals surface area contributed by atoms with Crippen molar-refractivity contribution < 1.29 is 39.5 Å². The van der Waals surface area contributed by atoms with Gasteiger partial charge in [-0.2, -0.15) is 0 Å². The van der Waals surface area contributed by atoms with Crippen LogP contribution < -0.4 is 4.74 Å². The van der Waals surface area contributed by atoms with Gasteiger partial charge in [0, 0.05) is 18.2 Å². The minimum Gasteiger partial charge on any atom is -0.509 e. The van der Waals surface area contributed by atoms with E-state index in [1.54, 1.807) is 0 Å². The van der Waals surface area contributed by atoms with Crippen LogP contribution in [0.15, 0.2) is 17.4 Å². The van der Waals surface area contributed by atoms with Gasteiger partial charge in [-0.05, 0) is 39.3 Å². The summed E-state index contributed by atoms with van der Waals surface area (Å²) in [5.74, 6) is -2.87. The predicted molar refractivity (Wildman–Crippen MR) is 90.7 cm³/mol. The SMILES string of the molecule is CO[C@@]1(C)[C@@H](O)C(O)=C(C)C(=O)[C@@H]1Oc1c(C)c(O)cc(C)c1C(=O)O. The summed E-state index contributed by atoms with van der Waals surface area (Å²) in [5.41, 5.74) is -1.61. The van der Waals surface area contributed by atoms with Crippen molar-refractivity contribution in [2.75, 3.05) is 7.11 Å². The standard InChI is InChI=1S/C18H22O8/c1-7-6-10(19)8(2)14(11(7)17(23)24)26-16-13(21)9(3)12(20)15(22)18(16,4)25-5/h6,15-16,19-20,22H,1-5H3,(H,23,24)/t15-,16-,18-/m0/s1. The fourth-order valence-electron chi connectivity index (χ4n) is 2.99. The third-order valence-electron chi connectivity index (χ3n) is 4.90. The zero-order chi connectivity index (χ0) is 20.0. The number of carboxylic acids is 1. The van der Waals surface area contributed by atoms with Gasteiger partial charge in [-0.1, -0.05) is 0 Å². The number of aromatic hydroxyl groups is 1. The Balaban J connectivity index is 2.67. The van der Waals surface area contributed by atoms with Gasteiger partial charge in [-0.25, -0.2) is 4.79 Å². The molecule has 0 heterocycles. The number of rotatable bonds is 4. The van der Waals surface area contributed by atoms with E-state index in [9.17, 15) is 30.0 Å². The number of hydrogen-bond acceptors (Lipinski definition) is 7. The van der Waals surface area contributed by atoms with Crippen molar-refractivity contribution in [1.82, 2.24) is 0 Å². The lowest BCUT2D eigenvalue weighted by atomic mass is 9.79. The van der Waals surface area contributed by atoms with E-state index in [1.165, 1.54) is 40.9 Å². The molecule has 1 aromatic rings. The number of Topliss-reactive ketones (excluding diaryl/α,β-unsaturated/α-hetero) is 1. The number of ketones is 1. The average molecular weight is 366 g/mol. The Morgan fingerprint density at radius 1 is 1.23 bits per heavy atom. The Labute approximate surface area is 150 Å². The van der Waals surface area contributed by atoms with Crippen molar-refractivity contribution in [3.8, 4) is 11.5 Å². The third-order valence-corrected chi connectivity index (χ3v) is 4.90. The number of ether oxygens (including phenoxy) is 2. The maximum Gasteiger partial charge on any atom is 0.339 e. The molecule has 0 bridgehead atoms. The van der Waals surface area contributed by atoms with Crippen LogP contribution in [0.1, 0.15) is 35.3 Å². The Morgan fingerprint density at radius 2 is 1.81 bits per heavy atom. The lowest BCUT2D eigenvalue weighted by molar-refractivity contribution is -0.165. The normalized spacial score (nSPS) is 26.2. The molecule has 4 N–H and O–H groups in total. The number of methoxy groups -OCH3 is 1. The fourth-order valence-corrected chi connectivity index (χ4v) is 2.99. The Bertz CT molecular complexity index is 810. The van der Waals surface area contributed by atoms with E-state index >= 15 is 0 Å². The number of aryl methyl sites for hydroxylation is 1. The van der Waals surface area contributed by atoms with Crippen molar-refractivity contribution in [3.63, 3.8) is 0 Å². The molecule has 0 unspecified atom stereocenters. The van der Waals surface area contributed by atoms with E-state index in [4.69, 9.17) is 9.47 Å². The minimum atomic E-state index is -1.66. The minimum absolute atomic E-state index is 0.108. The summed E-state index contributed by atoms with van der Waals surface area (Å²) < 4.78 is 11.0. The predicted octanol–water partition coefficient (Wildman–Crippen LogP) is 1.64. The molecule has 0 saturated heterocycles. The summed E-state index contributed by atoms with van der Waals surface area (Å²) in [7, 11) is 1.24. The smallest absolute Gasteiger partial charge is 0.339 e. The zero-order valence-electron chi connectivity index (χ0n) is 15.2. The van der Waals surface area contributed by atoms with E-state index in [0.717, 1.165) is 0 Å². The van der Waals surface area contributed by atoms with E-state index in [-0.39, 0.29) is 33.8 Å². The molecule has 8 heteroatoms. The van der Waals surface area contributed by atoms with Gasteiger partial charge in [-0.15, -0.1) is 0 Å². The van der Waals surface area contributed by atoms with E-state index in [1.807, 2.05) is 0 Å². The topological polar surface area (TPSA) is 134 Å². The molecular formula is C18H22O8. The largest absolute Gasteiger partial charge is 0.509 e. The van der Waals surface area contributed by atoms with Crippen LogP contribution in [0.2, 0.25) is 0 Å². The van der Waals surface area contributed by atoms with Gasteiger partial charge in [0.05, 0.1) is 0 Å². The summed E-state index contributed by atoms with van der Waals surface area (Å²) in [6.07, 6.45) is -2.99. The second-order valence-electron chi connectivity index (χ2n) is 6.51. The monoisotopic (exact) mass is 366 g/mol. The molecule has 8 nitrogen and oxygen atoms in total. The molecule has 0 spiro atoms. The Morgan fingerprint density at radius 3 is 2.31 bits per heavy atom. The lowest BCUT2D eigenvalue weighted by Crippen LogP contribution is -2.61. The molecule has 1 aliphatic rings. The maximum absolute atomic E-state index is 12.7. The van der Waals surface area contributed by atoms with Gasteiger partial charge in [0.15, 0.2) is 6.10 Å². The van der Waals surface area contributed by atoms with Crippen molar-refractivity contribution >= 4 is 11.8 Å². The highest BCUT2D eigenvalue weighted by Crippen LogP contribution is 2.39. The second kappa shape index (κ2) is 6.62. The first kappa shape index (κ1) is 19.7. The number of aliphatic hydroxyl groups is 2. The van der Waals surface area contributed by atoms with Gasteiger partial charge in [0.25, 0.3) is 0 Å². The molecule has 0 aliphatic heterocycles.